The molecule has 1 aliphatic heterocycles. The number of nitrogens with zero attached hydrogens (tertiary/aromatic N) is 3. The number of carbonyl (C=O) groups excluding carboxylic acids is 3. The quantitative estimate of drug-likeness (QED) is 0.323. The number of aromatic nitrogens is 2. The lowest BCUT2D eigenvalue weighted by Crippen LogP contribution is -2.37. The number of aryl methyl sites for hydroxylation is 2. The Bertz CT molecular complexity index is 1710. The van der Waals surface area contributed by atoms with Gasteiger partial charge >= 0.3 is 5.97 Å². The van der Waals surface area contributed by atoms with Crippen molar-refractivity contribution in [2.75, 3.05) is 20.2 Å². The van der Waals surface area contributed by atoms with Gasteiger partial charge in [0.1, 0.15) is 0 Å². The number of nitrogens with one attached hydrogen (secondary N) is 1. The Labute approximate surface area is 256 Å². The van der Waals surface area contributed by atoms with Crippen LogP contribution in [0.4, 0.5) is 0 Å². The fourth-order valence-corrected chi connectivity index (χ4v) is 6.13. The number of hydrogen-bond acceptors (Lipinski definition) is 6. The van der Waals surface area contributed by atoms with Crippen LogP contribution in [-0.2, 0) is 33.6 Å². The van der Waals surface area contributed by atoms with Gasteiger partial charge in [-0.3, -0.25) is 19.6 Å². The van der Waals surface area contributed by atoms with E-state index in [-0.39, 0.29) is 11.8 Å². The number of methoxy groups -OCH3 is 1. The third-order valence-corrected chi connectivity index (χ3v) is 8.45. The third kappa shape index (κ3) is 6.15. The molecule has 222 valence electrons. The zero-order valence-electron chi connectivity index (χ0n) is 24.7. The van der Waals surface area contributed by atoms with Crippen LogP contribution in [0.25, 0.3) is 5.57 Å². The lowest BCUT2D eigenvalue weighted by atomic mass is 9.88. The average Bonchev–Trinajstić information content (AvgIpc) is 3.24. The summed E-state index contributed by atoms with van der Waals surface area (Å²) in [5.74, 6) is -0.753. The largest absolute Gasteiger partial charge is 0.467 e. The summed E-state index contributed by atoms with van der Waals surface area (Å²) in [6.07, 6.45) is 8.69. The van der Waals surface area contributed by atoms with Crippen LogP contribution in [0.2, 0.25) is 0 Å². The Hall–Kier alpha value is -5.11. The van der Waals surface area contributed by atoms with E-state index >= 15 is 0 Å². The van der Waals surface area contributed by atoms with Gasteiger partial charge in [-0.15, -0.1) is 0 Å². The normalized spacial score (nSPS) is 15.0. The predicted octanol–water partition coefficient (Wildman–Crippen LogP) is 4.89. The van der Waals surface area contributed by atoms with E-state index in [1.165, 1.54) is 18.2 Å². The van der Waals surface area contributed by atoms with Gasteiger partial charge in [0, 0.05) is 42.8 Å². The molecule has 0 unspecified atom stereocenters. The molecule has 1 aliphatic carbocycles. The van der Waals surface area contributed by atoms with Gasteiger partial charge < -0.3 is 15.0 Å². The first-order chi connectivity index (χ1) is 21.5. The summed E-state index contributed by atoms with van der Waals surface area (Å²) in [4.78, 5) is 49.9. The summed E-state index contributed by atoms with van der Waals surface area (Å²) in [7, 11) is 1.31. The number of piperidine rings is 1. The van der Waals surface area contributed by atoms with Gasteiger partial charge in [0.05, 0.1) is 19.2 Å². The summed E-state index contributed by atoms with van der Waals surface area (Å²) >= 11 is 0. The van der Waals surface area contributed by atoms with E-state index in [0.29, 0.717) is 30.6 Å². The molecule has 3 heterocycles. The topological polar surface area (TPSA) is 101 Å². The highest BCUT2D eigenvalue weighted by Crippen LogP contribution is 2.38. The number of ether oxygens (including phenoxy) is 1. The molecule has 2 aromatic heterocycles. The van der Waals surface area contributed by atoms with E-state index in [4.69, 9.17) is 9.72 Å². The van der Waals surface area contributed by atoms with Crippen molar-refractivity contribution >= 4 is 23.4 Å². The van der Waals surface area contributed by atoms with Crippen molar-refractivity contribution < 1.29 is 19.1 Å². The highest BCUT2D eigenvalue weighted by atomic mass is 16.5. The Balaban J connectivity index is 1.28. The second kappa shape index (κ2) is 13.0. The number of rotatable bonds is 6. The van der Waals surface area contributed by atoms with Crippen LogP contribution in [0.3, 0.4) is 0 Å². The molecule has 1 N–H and O–H groups in total. The van der Waals surface area contributed by atoms with Crippen LogP contribution in [0.1, 0.15) is 62.8 Å². The number of hydrogen-bond donors (Lipinski definition) is 1. The molecule has 2 aromatic carbocycles. The molecule has 2 amide bonds. The lowest BCUT2D eigenvalue weighted by Gasteiger charge is -2.30. The first kappa shape index (κ1) is 29.0. The molecule has 4 aromatic rings. The Morgan fingerprint density at radius 2 is 1.61 bits per heavy atom. The van der Waals surface area contributed by atoms with Gasteiger partial charge in [-0.2, -0.15) is 0 Å². The van der Waals surface area contributed by atoms with Crippen molar-refractivity contribution in [1.82, 2.24) is 20.2 Å². The summed E-state index contributed by atoms with van der Waals surface area (Å²) in [5.41, 5.74) is 8.75. The first-order valence-electron chi connectivity index (χ1n) is 14.9. The second-order valence-electron chi connectivity index (χ2n) is 11.1. The average molecular weight is 587 g/mol. The molecule has 0 bridgehead atoms. The molecule has 0 radical (unpaired) electrons. The molecular formula is C36H34N4O4. The minimum Gasteiger partial charge on any atom is -0.467 e. The van der Waals surface area contributed by atoms with E-state index < -0.39 is 12.0 Å². The van der Waals surface area contributed by atoms with Crippen molar-refractivity contribution in [1.29, 1.82) is 0 Å². The molecule has 0 saturated carbocycles. The van der Waals surface area contributed by atoms with Crippen LogP contribution in [0.5, 0.6) is 0 Å². The minimum atomic E-state index is -0.912. The molecule has 8 nitrogen and oxygen atoms in total. The maximum absolute atomic E-state index is 13.5. The monoisotopic (exact) mass is 586 g/mol. The summed E-state index contributed by atoms with van der Waals surface area (Å²) in [5, 5.41) is 2.87. The van der Waals surface area contributed by atoms with Crippen molar-refractivity contribution in [3.63, 3.8) is 0 Å². The van der Waals surface area contributed by atoms with Crippen LogP contribution in [0, 0.1) is 0 Å². The number of amides is 2. The fourth-order valence-electron chi connectivity index (χ4n) is 6.13. The van der Waals surface area contributed by atoms with Gasteiger partial charge in [0.2, 0.25) is 5.91 Å². The Morgan fingerprint density at radius 3 is 2.36 bits per heavy atom. The molecule has 1 saturated heterocycles. The smallest absolute Gasteiger partial charge is 0.333 e. The lowest BCUT2D eigenvalue weighted by molar-refractivity contribution is -0.143. The standard InChI is InChI=1S/C36H34N4O4/c1-44-36(43)34(26-6-3-2-4-7-26)39-35(42)29-11-12-30-28(23-29)10-9-27-8-5-17-38-33(27)32(30)25-15-20-40(21-16-25)31(41)22-24-13-18-37-19-14-24/h2-8,11-14,17-19,23,34H,9-10,15-16,20-22H2,1H3,(H,39,42)/t34-/m0/s1. The second-order valence-corrected chi connectivity index (χ2v) is 11.1. The first-order valence-corrected chi connectivity index (χ1v) is 14.9. The highest BCUT2D eigenvalue weighted by molar-refractivity contribution is 5.98. The van der Waals surface area contributed by atoms with Crippen LogP contribution < -0.4 is 5.32 Å². The highest BCUT2D eigenvalue weighted by Gasteiger charge is 2.28. The van der Waals surface area contributed by atoms with Gasteiger partial charge in [0.25, 0.3) is 5.91 Å². The third-order valence-electron chi connectivity index (χ3n) is 8.45. The molecule has 8 heteroatoms. The molecular weight excluding hydrogens is 552 g/mol. The molecule has 1 atom stereocenters. The zero-order valence-corrected chi connectivity index (χ0v) is 24.7. The maximum atomic E-state index is 13.5. The number of pyridine rings is 2. The number of esters is 1. The van der Waals surface area contributed by atoms with E-state index in [1.54, 1.807) is 24.5 Å². The van der Waals surface area contributed by atoms with Crippen molar-refractivity contribution in [3.05, 3.63) is 136 Å². The van der Waals surface area contributed by atoms with Crippen LogP contribution >= 0.6 is 0 Å². The molecule has 44 heavy (non-hydrogen) atoms. The minimum absolute atomic E-state index is 0.122. The molecule has 2 aliphatic rings. The summed E-state index contributed by atoms with van der Waals surface area (Å²) < 4.78 is 4.99. The van der Waals surface area contributed by atoms with E-state index in [2.05, 4.69) is 16.4 Å². The molecule has 0 spiro atoms. The Kier molecular flexibility index (Phi) is 8.59. The summed E-state index contributed by atoms with van der Waals surface area (Å²) in [6, 6.07) is 21.8. The Morgan fingerprint density at radius 1 is 0.864 bits per heavy atom. The molecule has 1 fully saturated rings. The summed E-state index contributed by atoms with van der Waals surface area (Å²) in [6.45, 7) is 1.30. The van der Waals surface area contributed by atoms with Crippen LogP contribution in [0.15, 0.2) is 97.0 Å². The van der Waals surface area contributed by atoms with Crippen LogP contribution in [-0.4, -0.2) is 52.9 Å². The van der Waals surface area contributed by atoms with Gasteiger partial charge in [0.15, 0.2) is 6.04 Å². The van der Waals surface area contributed by atoms with Gasteiger partial charge in [-0.05, 0) is 83.8 Å². The number of likely N-dealkylation sites (tertiary alicyclic amines) is 1. The maximum Gasteiger partial charge on any atom is 0.333 e. The SMILES string of the molecule is COC(=O)[C@@H](NC(=O)c1ccc2c(c1)CCc1cccnc1C2=C1CCN(C(=O)Cc2ccncc2)CC1)c1ccccc1. The van der Waals surface area contributed by atoms with Gasteiger partial charge in [-0.1, -0.05) is 48.0 Å². The number of benzene rings is 2. The number of fused-ring (bicyclic) bond motifs is 2. The van der Waals surface area contributed by atoms with E-state index in [1.807, 2.05) is 65.7 Å². The van der Waals surface area contributed by atoms with E-state index in [9.17, 15) is 14.4 Å². The van der Waals surface area contributed by atoms with Crippen molar-refractivity contribution in [2.24, 2.45) is 0 Å². The number of carbonyl (C=O) groups is 3. The predicted molar refractivity (Wildman–Crippen MR) is 167 cm³/mol. The fraction of sp³-hybridized carbons (Fsp3) is 0.250. The zero-order chi connectivity index (χ0) is 30.5. The molecule has 6 rings (SSSR count). The van der Waals surface area contributed by atoms with Crippen molar-refractivity contribution in [2.45, 2.75) is 38.1 Å². The van der Waals surface area contributed by atoms with Gasteiger partial charge in [-0.25, -0.2) is 4.79 Å². The van der Waals surface area contributed by atoms with Crippen molar-refractivity contribution in [3.8, 4) is 0 Å². The van der Waals surface area contributed by atoms with E-state index in [0.717, 1.165) is 53.6 Å².